The van der Waals surface area contributed by atoms with Crippen molar-refractivity contribution in [3.63, 3.8) is 0 Å². The van der Waals surface area contributed by atoms with Crippen molar-refractivity contribution in [3.8, 4) is 17.0 Å². The zero-order chi connectivity index (χ0) is 27.4. The van der Waals surface area contributed by atoms with Gasteiger partial charge in [0.15, 0.2) is 11.7 Å². The average Bonchev–Trinajstić information content (AvgIpc) is 3.44. The summed E-state index contributed by atoms with van der Waals surface area (Å²) in [6.07, 6.45) is 1.51. The van der Waals surface area contributed by atoms with Crippen LogP contribution in [0.3, 0.4) is 0 Å². The molecule has 4 aromatic rings. The number of aromatic nitrogens is 1. The summed E-state index contributed by atoms with van der Waals surface area (Å²) in [5, 5.41) is 4.77. The van der Waals surface area contributed by atoms with E-state index >= 15 is 0 Å². The molecule has 0 spiro atoms. The molecule has 0 saturated carbocycles. The van der Waals surface area contributed by atoms with Gasteiger partial charge in [-0.3, -0.25) is 14.4 Å². The summed E-state index contributed by atoms with van der Waals surface area (Å²) in [4.78, 5) is 29.4. The third-order valence-corrected chi connectivity index (χ3v) is 8.76. The van der Waals surface area contributed by atoms with Gasteiger partial charge in [0.1, 0.15) is 5.75 Å². The Balaban J connectivity index is 1.21. The lowest BCUT2D eigenvalue weighted by atomic mass is 10.0. The highest BCUT2D eigenvalue weighted by molar-refractivity contribution is 7.92. The Labute approximate surface area is 230 Å². The Morgan fingerprint density at radius 3 is 2.64 bits per heavy atom. The predicted octanol–water partition coefficient (Wildman–Crippen LogP) is 4.76. The molecule has 2 heterocycles. The monoisotopic (exact) mass is 563 g/mol. The van der Waals surface area contributed by atoms with Crippen LogP contribution in [-0.2, 0) is 26.0 Å². The van der Waals surface area contributed by atoms with Crippen LogP contribution in [0, 0.1) is 0 Å². The Kier molecular flexibility index (Phi) is 7.62. The van der Waals surface area contributed by atoms with Crippen molar-refractivity contribution in [2.45, 2.75) is 17.7 Å². The number of sulfonamides is 1. The molecule has 0 bridgehead atoms. The molecular formula is C28H25N3O6S2. The van der Waals surface area contributed by atoms with Crippen molar-refractivity contribution in [1.82, 2.24) is 4.98 Å². The molecule has 200 valence electrons. The van der Waals surface area contributed by atoms with Crippen LogP contribution in [0.25, 0.3) is 11.3 Å². The van der Waals surface area contributed by atoms with Crippen molar-refractivity contribution in [3.05, 3.63) is 89.3 Å². The second-order valence-electron chi connectivity index (χ2n) is 8.73. The van der Waals surface area contributed by atoms with Crippen LogP contribution in [0.2, 0.25) is 0 Å². The molecule has 0 atom stereocenters. The number of para-hydroxylation sites is 1. The zero-order valence-electron chi connectivity index (χ0n) is 21.0. The molecule has 0 radical (unpaired) electrons. The van der Waals surface area contributed by atoms with Crippen LogP contribution in [0.15, 0.2) is 83.1 Å². The van der Waals surface area contributed by atoms with Gasteiger partial charge in [0.25, 0.3) is 15.9 Å². The molecule has 9 nitrogen and oxygen atoms in total. The zero-order valence-corrected chi connectivity index (χ0v) is 22.6. The van der Waals surface area contributed by atoms with E-state index in [0.29, 0.717) is 29.5 Å². The van der Waals surface area contributed by atoms with Gasteiger partial charge in [-0.15, -0.1) is 11.3 Å². The van der Waals surface area contributed by atoms with Crippen LogP contribution in [0.1, 0.15) is 22.3 Å². The second-order valence-corrected chi connectivity index (χ2v) is 11.4. The number of nitrogens with one attached hydrogen (secondary N) is 1. The van der Waals surface area contributed by atoms with Gasteiger partial charge in [0.05, 0.1) is 29.0 Å². The highest BCUT2D eigenvalue weighted by Gasteiger charge is 2.29. The van der Waals surface area contributed by atoms with Gasteiger partial charge >= 0.3 is 5.97 Å². The van der Waals surface area contributed by atoms with E-state index in [-0.39, 0.29) is 10.5 Å². The Hall–Kier alpha value is -4.22. The molecular weight excluding hydrogens is 538 g/mol. The van der Waals surface area contributed by atoms with Crippen LogP contribution in [-0.4, -0.2) is 45.5 Å². The van der Waals surface area contributed by atoms with Gasteiger partial charge in [0, 0.05) is 17.5 Å². The van der Waals surface area contributed by atoms with Crippen LogP contribution < -0.4 is 14.4 Å². The van der Waals surface area contributed by atoms with Crippen molar-refractivity contribution in [2.24, 2.45) is 0 Å². The number of rotatable bonds is 8. The van der Waals surface area contributed by atoms with E-state index in [1.807, 2.05) is 36.4 Å². The van der Waals surface area contributed by atoms with Gasteiger partial charge in [-0.1, -0.05) is 24.3 Å². The fraction of sp³-hybridized carbons (Fsp3) is 0.179. The Morgan fingerprint density at radius 1 is 1.05 bits per heavy atom. The number of hydrogen-bond donors (Lipinski definition) is 1. The third-order valence-electron chi connectivity index (χ3n) is 6.20. The van der Waals surface area contributed by atoms with Crippen LogP contribution in [0.4, 0.5) is 10.8 Å². The lowest BCUT2D eigenvalue weighted by Gasteiger charge is -2.30. The summed E-state index contributed by atoms with van der Waals surface area (Å²) in [5.41, 5.74) is 3.19. The number of esters is 1. The van der Waals surface area contributed by atoms with Crippen molar-refractivity contribution in [1.29, 1.82) is 0 Å². The lowest BCUT2D eigenvalue weighted by Crippen LogP contribution is -2.35. The van der Waals surface area contributed by atoms with Crippen molar-refractivity contribution >= 4 is 44.1 Å². The van der Waals surface area contributed by atoms with Crippen molar-refractivity contribution < 1.29 is 27.5 Å². The number of nitrogens with zero attached hydrogens (tertiary/aromatic N) is 2. The minimum Gasteiger partial charge on any atom is -0.497 e. The topological polar surface area (TPSA) is 115 Å². The normalized spacial score (nSPS) is 12.9. The molecule has 0 saturated heterocycles. The summed E-state index contributed by atoms with van der Waals surface area (Å²) in [5.74, 6) is -0.642. The van der Waals surface area contributed by atoms with Crippen molar-refractivity contribution in [2.75, 3.05) is 29.9 Å². The maximum Gasteiger partial charge on any atom is 0.338 e. The summed E-state index contributed by atoms with van der Waals surface area (Å²) < 4.78 is 38.5. The number of benzene rings is 3. The third kappa shape index (κ3) is 5.79. The van der Waals surface area contributed by atoms with E-state index < -0.39 is 28.5 Å². The first-order chi connectivity index (χ1) is 18.8. The van der Waals surface area contributed by atoms with Gasteiger partial charge in [-0.05, 0) is 66.9 Å². The molecule has 1 aliphatic rings. The summed E-state index contributed by atoms with van der Waals surface area (Å²) in [6, 6.07) is 20.4. The second kappa shape index (κ2) is 11.3. The predicted molar refractivity (Wildman–Crippen MR) is 149 cm³/mol. The van der Waals surface area contributed by atoms with E-state index in [0.717, 1.165) is 23.3 Å². The first-order valence-electron chi connectivity index (χ1n) is 12.1. The van der Waals surface area contributed by atoms with Gasteiger partial charge in [-0.2, -0.15) is 0 Å². The minimum absolute atomic E-state index is 0.0213. The van der Waals surface area contributed by atoms with Gasteiger partial charge < -0.3 is 9.47 Å². The number of carbonyl (C=O) groups excluding carboxylic acids is 2. The lowest BCUT2D eigenvalue weighted by molar-refractivity contribution is -0.119. The number of fused-ring (bicyclic) bond motifs is 1. The number of hydrogen-bond acceptors (Lipinski definition) is 8. The highest BCUT2D eigenvalue weighted by atomic mass is 32.2. The first kappa shape index (κ1) is 26.4. The molecule has 11 heteroatoms. The van der Waals surface area contributed by atoms with E-state index in [1.54, 1.807) is 24.6 Å². The molecule has 0 aliphatic carbocycles. The summed E-state index contributed by atoms with van der Waals surface area (Å²) in [7, 11) is -2.31. The van der Waals surface area contributed by atoms with E-state index in [2.05, 4.69) is 10.3 Å². The number of aryl methyl sites for hydroxylation is 1. The van der Waals surface area contributed by atoms with E-state index in [1.165, 1.54) is 39.9 Å². The summed E-state index contributed by atoms with van der Waals surface area (Å²) >= 11 is 1.24. The molecule has 0 unspecified atom stereocenters. The van der Waals surface area contributed by atoms with Gasteiger partial charge in [0.2, 0.25) is 0 Å². The number of anilines is 2. The first-order valence-corrected chi connectivity index (χ1v) is 14.4. The Bertz CT molecular complexity index is 1620. The molecule has 0 fully saturated rings. The molecule has 5 rings (SSSR count). The maximum atomic E-state index is 13.4. The largest absolute Gasteiger partial charge is 0.497 e. The Morgan fingerprint density at radius 2 is 1.85 bits per heavy atom. The molecule has 1 N–H and O–H groups in total. The van der Waals surface area contributed by atoms with E-state index in [4.69, 9.17) is 9.47 Å². The number of methoxy groups -OCH3 is 1. The fourth-order valence-electron chi connectivity index (χ4n) is 4.25. The number of amides is 1. The van der Waals surface area contributed by atoms with Gasteiger partial charge in [-0.25, -0.2) is 18.2 Å². The molecule has 1 aromatic heterocycles. The molecule has 39 heavy (non-hydrogen) atoms. The summed E-state index contributed by atoms with van der Waals surface area (Å²) in [6.45, 7) is -0.197. The maximum absolute atomic E-state index is 13.4. The van der Waals surface area contributed by atoms with E-state index in [9.17, 15) is 18.0 Å². The number of carbonyl (C=O) groups is 2. The smallest absolute Gasteiger partial charge is 0.338 e. The number of thiazole rings is 1. The molecule has 3 aromatic carbocycles. The average molecular weight is 564 g/mol. The molecule has 1 aliphatic heterocycles. The quantitative estimate of drug-likeness (QED) is 0.308. The van der Waals surface area contributed by atoms with Crippen LogP contribution in [0.5, 0.6) is 5.75 Å². The molecule has 1 amide bonds. The standard InChI is InChI=1S/C28H25N3O6S2/c1-36-22-13-11-19(12-14-22)24-18-38-28(29-24)30-26(32)17-37-27(33)21-7-4-9-23(16-21)39(34,35)31-15-5-8-20-6-2-3-10-25(20)31/h2-4,6-7,9-14,16,18H,5,8,15,17H2,1H3,(H,29,30,32). The van der Waals surface area contributed by atoms with Crippen LogP contribution >= 0.6 is 11.3 Å². The SMILES string of the molecule is COc1ccc(-c2csc(NC(=O)COC(=O)c3cccc(S(=O)(=O)N4CCCc5ccccc54)c3)n2)cc1. The highest BCUT2D eigenvalue weighted by Crippen LogP contribution is 2.32. The minimum atomic E-state index is -3.90. The fourth-order valence-corrected chi connectivity index (χ4v) is 6.58. The number of ether oxygens (including phenoxy) is 2.